The van der Waals surface area contributed by atoms with Crippen molar-refractivity contribution in [3.63, 3.8) is 0 Å². The Kier molecular flexibility index (Phi) is 2.92. The number of hydrogen-bond acceptors (Lipinski definition) is 3. The Morgan fingerprint density at radius 1 is 1.40 bits per heavy atom. The van der Waals surface area contributed by atoms with Crippen LogP contribution in [0.1, 0.15) is 5.56 Å². The lowest BCUT2D eigenvalue weighted by Gasteiger charge is -2.10. The van der Waals surface area contributed by atoms with Crippen molar-refractivity contribution in [1.82, 2.24) is 4.98 Å². The molecule has 0 saturated carbocycles. The number of H-pyrrole nitrogens is 1. The van der Waals surface area contributed by atoms with Crippen LogP contribution in [0.2, 0.25) is 0 Å². The Hall–Kier alpha value is -1.66. The van der Waals surface area contributed by atoms with E-state index in [4.69, 9.17) is 4.74 Å². The zero-order chi connectivity index (χ0) is 11.6. The summed E-state index contributed by atoms with van der Waals surface area (Å²) in [6, 6.07) is 0.963. The molecule has 4 nitrogen and oxygen atoms in total. The number of aromatic amines is 1. The van der Waals surface area contributed by atoms with Crippen molar-refractivity contribution in [1.29, 1.82) is 0 Å². The average Bonchev–Trinajstić information content (AvgIpc) is 2.08. The molecule has 0 atom stereocenters. The fourth-order valence-corrected chi connectivity index (χ4v) is 0.973. The molecule has 0 saturated heterocycles. The fraction of sp³-hybridized carbons (Fsp3) is 0.375. The van der Waals surface area contributed by atoms with Gasteiger partial charge in [0.25, 0.3) is 5.56 Å². The summed E-state index contributed by atoms with van der Waals surface area (Å²) in [7, 11) is 1.25. The van der Waals surface area contributed by atoms with Crippen LogP contribution in [0.25, 0.3) is 0 Å². The summed E-state index contributed by atoms with van der Waals surface area (Å²) in [5.74, 6) is -0.659. The van der Waals surface area contributed by atoms with E-state index in [0.717, 1.165) is 6.07 Å². The zero-order valence-electron chi connectivity index (χ0n) is 7.94. The predicted molar refractivity (Wildman–Crippen MR) is 45.0 cm³/mol. The highest BCUT2D eigenvalue weighted by atomic mass is 19.4. The Morgan fingerprint density at radius 3 is 2.47 bits per heavy atom. The topological polar surface area (TPSA) is 51.3 Å². The number of aromatic nitrogens is 1. The first-order chi connectivity index (χ1) is 6.83. The second-order valence-electron chi connectivity index (χ2n) is 2.70. The van der Waals surface area contributed by atoms with Crippen molar-refractivity contribution in [2.75, 3.05) is 7.11 Å². The molecule has 0 bridgehead atoms. The SMILES string of the molecule is COc1cc(OC(F)(F)F)[nH]c(=O)c1C. The Bertz CT molecular complexity index is 411. The van der Waals surface area contributed by atoms with Gasteiger partial charge >= 0.3 is 6.36 Å². The van der Waals surface area contributed by atoms with E-state index < -0.39 is 17.8 Å². The molecule has 0 fully saturated rings. The van der Waals surface area contributed by atoms with Gasteiger partial charge in [-0.2, -0.15) is 0 Å². The van der Waals surface area contributed by atoms with E-state index in [1.54, 1.807) is 0 Å². The quantitative estimate of drug-likeness (QED) is 0.828. The van der Waals surface area contributed by atoms with E-state index >= 15 is 0 Å². The van der Waals surface area contributed by atoms with Crippen molar-refractivity contribution >= 4 is 0 Å². The minimum atomic E-state index is -4.84. The van der Waals surface area contributed by atoms with E-state index in [9.17, 15) is 18.0 Å². The molecule has 0 spiro atoms. The van der Waals surface area contributed by atoms with Crippen molar-refractivity contribution in [2.24, 2.45) is 0 Å². The molecule has 0 amide bonds. The third-order valence-electron chi connectivity index (χ3n) is 1.65. The summed E-state index contributed by atoms with van der Waals surface area (Å²) < 4.78 is 43.7. The van der Waals surface area contributed by atoms with Crippen LogP contribution in [-0.4, -0.2) is 18.5 Å². The summed E-state index contributed by atoms with van der Waals surface area (Å²) in [6.07, 6.45) is -4.84. The second kappa shape index (κ2) is 3.84. The zero-order valence-corrected chi connectivity index (χ0v) is 7.94. The number of ether oxygens (including phenoxy) is 2. The lowest BCUT2D eigenvalue weighted by molar-refractivity contribution is -0.276. The molecule has 7 heteroatoms. The molecule has 0 aliphatic heterocycles. The molecular weight excluding hydrogens is 215 g/mol. The van der Waals surface area contributed by atoms with E-state index in [1.807, 2.05) is 4.98 Å². The van der Waals surface area contributed by atoms with Gasteiger partial charge < -0.3 is 9.47 Å². The van der Waals surface area contributed by atoms with Crippen molar-refractivity contribution in [3.05, 3.63) is 22.0 Å². The Morgan fingerprint density at radius 2 is 2.00 bits per heavy atom. The van der Waals surface area contributed by atoms with E-state index in [2.05, 4.69) is 4.74 Å². The molecular formula is C8H8F3NO3. The van der Waals surface area contributed by atoms with Gasteiger partial charge in [0.05, 0.1) is 12.7 Å². The van der Waals surface area contributed by atoms with E-state index in [1.165, 1.54) is 14.0 Å². The maximum atomic E-state index is 11.8. The van der Waals surface area contributed by atoms with Gasteiger partial charge in [-0.3, -0.25) is 9.78 Å². The fourth-order valence-electron chi connectivity index (χ4n) is 0.973. The molecule has 1 aromatic heterocycles. The second-order valence-corrected chi connectivity index (χ2v) is 2.70. The number of hydrogen-bond donors (Lipinski definition) is 1. The maximum Gasteiger partial charge on any atom is 0.574 e. The summed E-state index contributed by atoms with van der Waals surface area (Å²) in [4.78, 5) is 13.1. The van der Waals surface area contributed by atoms with Crippen LogP contribution in [0.4, 0.5) is 13.2 Å². The molecule has 0 radical (unpaired) electrons. The van der Waals surface area contributed by atoms with Gasteiger partial charge in [-0.1, -0.05) is 0 Å². The Balaban J connectivity index is 3.12. The monoisotopic (exact) mass is 223 g/mol. The molecule has 0 aliphatic rings. The first-order valence-electron chi connectivity index (χ1n) is 3.87. The van der Waals surface area contributed by atoms with Gasteiger partial charge in [-0.25, -0.2) is 0 Å². The summed E-state index contributed by atoms with van der Waals surface area (Å²) in [6.45, 7) is 1.43. The number of rotatable bonds is 2. The van der Waals surface area contributed by atoms with Gasteiger partial charge in [0.1, 0.15) is 5.75 Å². The Labute approximate surface area is 82.6 Å². The van der Waals surface area contributed by atoms with Crippen molar-refractivity contribution in [2.45, 2.75) is 13.3 Å². The van der Waals surface area contributed by atoms with Gasteiger partial charge in [-0.05, 0) is 6.92 Å². The first kappa shape index (κ1) is 11.4. The largest absolute Gasteiger partial charge is 0.574 e. The number of methoxy groups -OCH3 is 1. The van der Waals surface area contributed by atoms with Crippen molar-refractivity contribution < 1.29 is 22.6 Å². The minimum Gasteiger partial charge on any atom is -0.496 e. The summed E-state index contributed by atoms with van der Waals surface area (Å²) >= 11 is 0. The molecule has 1 N–H and O–H groups in total. The van der Waals surface area contributed by atoms with Gasteiger partial charge in [0, 0.05) is 6.07 Å². The van der Waals surface area contributed by atoms with Crippen LogP contribution in [0.15, 0.2) is 10.9 Å². The number of pyridine rings is 1. The first-order valence-corrected chi connectivity index (χ1v) is 3.87. The standard InChI is InChI=1S/C8H8F3NO3/c1-4-5(14-2)3-6(12-7(4)13)15-8(9,10)11/h3H,1-2H3,(H,12,13). The normalized spacial score (nSPS) is 11.3. The number of halogens is 3. The van der Waals surface area contributed by atoms with E-state index in [-0.39, 0.29) is 11.3 Å². The molecule has 0 aromatic carbocycles. The van der Waals surface area contributed by atoms with Crippen LogP contribution in [0.5, 0.6) is 11.6 Å². The summed E-state index contributed by atoms with van der Waals surface area (Å²) in [5, 5.41) is 0. The number of alkyl halides is 3. The molecule has 1 rings (SSSR count). The van der Waals surface area contributed by atoms with Crippen LogP contribution >= 0.6 is 0 Å². The molecule has 1 aromatic rings. The van der Waals surface area contributed by atoms with Crippen molar-refractivity contribution in [3.8, 4) is 11.6 Å². The highest BCUT2D eigenvalue weighted by molar-refractivity contribution is 5.34. The van der Waals surface area contributed by atoms with Crippen LogP contribution in [0, 0.1) is 6.92 Å². The third kappa shape index (κ3) is 2.90. The smallest absolute Gasteiger partial charge is 0.496 e. The predicted octanol–water partition coefficient (Wildman–Crippen LogP) is 1.59. The summed E-state index contributed by atoms with van der Waals surface area (Å²) in [5.41, 5.74) is -0.499. The lowest BCUT2D eigenvalue weighted by atomic mass is 10.3. The average molecular weight is 223 g/mol. The molecule has 15 heavy (non-hydrogen) atoms. The van der Waals surface area contributed by atoms with Crippen LogP contribution in [-0.2, 0) is 0 Å². The van der Waals surface area contributed by atoms with Gasteiger partial charge in [0.2, 0.25) is 5.88 Å². The minimum absolute atomic E-state index is 0.0398. The molecule has 84 valence electrons. The van der Waals surface area contributed by atoms with Gasteiger partial charge in [0.15, 0.2) is 0 Å². The van der Waals surface area contributed by atoms with Crippen LogP contribution < -0.4 is 15.0 Å². The highest BCUT2D eigenvalue weighted by Crippen LogP contribution is 2.24. The molecule has 1 heterocycles. The van der Waals surface area contributed by atoms with Gasteiger partial charge in [-0.15, -0.1) is 13.2 Å². The maximum absolute atomic E-state index is 11.8. The highest BCUT2D eigenvalue weighted by Gasteiger charge is 2.32. The van der Waals surface area contributed by atoms with Crippen LogP contribution in [0.3, 0.4) is 0 Å². The lowest BCUT2D eigenvalue weighted by Crippen LogP contribution is -2.21. The third-order valence-corrected chi connectivity index (χ3v) is 1.65. The molecule has 0 unspecified atom stereocenters. The number of nitrogens with one attached hydrogen (secondary N) is 1. The molecule has 0 aliphatic carbocycles. The van der Waals surface area contributed by atoms with E-state index in [0.29, 0.717) is 0 Å².